The van der Waals surface area contributed by atoms with Crippen LogP contribution in [0.2, 0.25) is 0 Å². The molecule has 0 aliphatic carbocycles. The summed E-state index contributed by atoms with van der Waals surface area (Å²) in [5, 5.41) is 3.38. The van der Waals surface area contributed by atoms with Crippen molar-refractivity contribution in [3.8, 4) is 0 Å². The van der Waals surface area contributed by atoms with E-state index in [1.54, 1.807) is 0 Å². The topological polar surface area (TPSA) is 44.0 Å². The molecule has 0 radical (unpaired) electrons. The average molecular weight is 220 g/mol. The van der Waals surface area contributed by atoms with Gasteiger partial charge >= 0.3 is 0 Å². The summed E-state index contributed by atoms with van der Waals surface area (Å²) >= 11 is 0. The number of H-pyrrole nitrogens is 1. The second-order valence-electron chi connectivity index (χ2n) is 5.05. The quantitative estimate of drug-likeness (QED) is 0.738. The fourth-order valence-corrected chi connectivity index (χ4v) is 2.72. The first-order valence-corrected chi connectivity index (χ1v) is 6.30. The minimum atomic E-state index is 0.654. The van der Waals surface area contributed by atoms with Gasteiger partial charge in [0, 0.05) is 25.4 Å². The van der Waals surface area contributed by atoms with Crippen molar-refractivity contribution in [2.45, 2.75) is 31.7 Å². The van der Waals surface area contributed by atoms with Gasteiger partial charge in [-0.3, -0.25) is 0 Å². The molecular formula is C12H20N4. The molecule has 1 aromatic heterocycles. The van der Waals surface area contributed by atoms with E-state index in [0.29, 0.717) is 5.92 Å². The second-order valence-corrected chi connectivity index (χ2v) is 5.05. The van der Waals surface area contributed by atoms with Crippen molar-refractivity contribution in [2.75, 3.05) is 26.7 Å². The van der Waals surface area contributed by atoms with E-state index in [1.807, 2.05) is 0 Å². The third-order valence-corrected chi connectivity index (χ3v) is 3.83. The van der Waals surface area contributed by atoms with Gasteiger partial charge in [0.1, 0.15) is 5.82 Å². The molecule has 2 aliphatic heterocycles. The molecule has 88 valence electrons. The normalized spacial score (nSPS) is 23.3. The Morgan fingerprint density at radius 1 is 1.31 bits per heavy atom. The Bertz CT molecular complexity index is 340. The van der Waals surface area contributed by atoms with Crippen LogP contribution in [-0.2, 0) is 13.0 Å². The summed E-state index contributed by atoms with van der Waals surface area (Å²) in [4.78, 5) is 10.7. The highest BCUT2D eigenvalue weighted by Crippen LogP contribution is 2.26. The highest BCUT2D eigenvalue weighted by Gasteiger charge is 2.23. The standard InChI is InChI=1S/C12H20N4/c1-16-6-3-9(4-7-16)12-14-10-2-5-13-8-11(10)15-12/h9,13H,2-8H2,1H3,(H,14,15). The molecule has 0 unspecified atom stereocenters. The number of hydrogen-bond acceptors (Lipinski definition) is 3. The number of aromatic nitrogens is 2. The predicted molar refractivity (Wildman–Crippen MR) is 63.5 cm³/mol. The van der Waals surface area contributed by atoms with E-state index in [1.165, 1.54) is 43.1 Å². The summed E-state index contributed by atoms with van der Waals surface area (Å²) in [5.74, 6) is 1.89. The number of imidazole rings is 1. The molecule has 4 heteroatoms. The van der Waals surface area contributed by atoms with Gasteiger partial charge in [0.05, 0.1) is 11.4 Å². The molecule has 0 amide bonds. The molecule has 2 aliphatic rings. The lowest BCUT2D eigenvalue weighted by atomic mass is 9.96. The molecular weight excluding hydrogens is 200 g/mol. The maximum Gasteiger partial charge on any atom is 0.109 e. The van der Waals surface area contributed by atoms with Crippen LogP contribution in [0.3, 0.4) is 0 Å². The van der Waals surface area contributed by atoms with Gasteiger partial charge in [-0.25, -0.2) is 4.98 Å². The molecule has 0 bridgehead atoms. The molecule has 3 heterocycles. The van der Waals surface area contributed by atoms with Crippen LogP contribution in [-0.4, -0.2) is 41.5 Å². The number of aromatic amines is 1. The van der Waals surface area contributed by atoms with Crippen molar-refractivity contribution in [3.05, 3.63) is 17.2 Å². The number of nitrogens with zero attached hydrogens (tertiary/aromatic N) is 2. The van der Waals surface area contributed by atoms with Crippen LogP contribution in [0.5, 0.6) is 0 Å². The second kappa shape index (κ2) is 4.18. The average Bonchev–Trinajstić information content (AvgIpc) is 2.73. The zero-order chi connectivity index (χ0) is 11.0. The number of hydrogen-bond donors (Lipinski definition) is 2. The first-order chi connectivity index (χ1) is 7.83. The zero-order valence-electron chi connectivity index (χ0n) is 9.92. The summed E-state index contributed by atoms with van der Waals surface area (Å²) in [6, 6.07) is 0. The van der Waals surface area contributed by atoms with E-state index in [2.05, 4.69) is 22.2 Å². The lowest BCUT2D eigenvalue weighted by Gasteiger charge is -2.27. The Balaban J connectivity index is 1.76. The SMILES string of the molecule is CN1CCC(c2nc3c([nH]2)CNCC3)CC1. The Morgan fingerprint density at radius 2 is 2.12 bits per heavy atom. The monoisotopic (exact) mass is 220 g/mol. The van der Waals surface area contributed by atoms with Gasteiger partial charge in [-0.2, -0.15) is 0 Å². The third kappa shape index (κ3) is 1.87. The molecule has 0 saturated carbocycles. The van der Waals surface area contributed by atoms with Crippen LogP contribution >= 0.6 is 0 Å². The first kappa shape index (κ1) is 10.3. The fraction of sp³-hybridized carbons (Fsp3) is 0.750. The summed E-state index contributed by atoms with van der Waals surface area (Å²) < 4.78 is 0. The number of nitrogens with one attached hydrogen (secondary N) is 2. The number of piperidine rings is 1. The third-order valence-electron chi connectivity index (χ3n) is 3.83. The number of fused-ring (bicyclic) bond motifs is 1. The molecule has 1 aromatic rings. The molecule has 1 fully saturated rings. The maximum atomic E-state index is 4.79. The van der Waals surface area contributed by atoms with Crippen LogP contribution in [0.25, 0.3) is 0 Å². The van der Waals surface area contributed by atoms with E-state index in [0.717, 1.165) is 19.5 Å². The van der Waals surface area contributed by atoms with Gasteiger partial charge in [-0.05, 0) is 33.0 Å². The summed E-state index contributed by atoms with van der Waals surface area (Å²) in [6.45, 7) is 4.45. The Kier molecular flexibility index (Phi) is 2.69. The van der Waals surface area contributed by atoms with Crippen molar-refractivity contribution in [2.24, 2.45) is 0 Å². The summed E-state index contributed by atoms with van der Waals surface area (Å²) in [5.41, 5.74) is 2.62. The molecule has 0 aromatic carbocycles. The van der Waals surface area contributed by atoms with Gasteiger partial charge < -0.3 is 15.2 Å². The smallest absolute Gasteiger partial charge is 0.109 e. The van der Waals surface area contributed by atoms with E-state index in [-0.39, 0.29) is 0 Å². The van der Waals surface area contributed by atoms with Crippen molar-refractivity contribution in [3.63, 3.8) is 0 Å². The predicted octanol–water partition coefficient (Wildman–Crippen LogP) is 0.865. The Labute approximate surface area is 96.4 Å². The number of likely N-dealkylation sites (tertiary alicyclic amines) is 1. The molecule has 0 spiro atoms. The van der Waals surface area contributed by atoms with Crippen molar-refractivity contribution >= 4 is 0 Å². The van der Waals surface area contributed by atoms with E-state index < -0.39 is 0 Å². The summed E-state index contributed by atoms with van der Waals surface area (Å²) in [6.07, 6.45) is 3.57. The molecule has 1 saturated heterocycles. The zero-order valence-corrected chi connectivity index (χ0v) is 9.92. The molecule has 3 rings (SSSR count). The van der Waals surface area contributed by atoms with Crippen LogP contribution < -0.4 is 5.32 Å². The Morgan fingerprint density at radius 3 is 2.88 bits per heavy atom. The maximum absolute atomic E-state index is 4.79. The highest BCUT2D eigenvalue weighted by molar-refractivity contribution is 5.19. The van der Waals surface area contributed by atoms with E-state index in [4.69, 9.17) is 4.98 Å². The molecule has 16 heavy (non-hydrogen) atoms. The lowest BCUT2D eigenvalue weighted by Crippen LogP contribution is -2.29. The first-order valence-electron chi connectivity index (χ1n) is 6.30. The fourth-order valence-electron chi connectivity index (χ4n) is 2.72. The highest BCUT2D eigenvalue weighted by atomic mass is 15.1. The van der Waals surface area contributed by atoms with Gasteiger partial charge in [-0.1, -0.05) is 0 Å². The van der Waals surface area contributed by atoms with Crippen LogP contribution in [0, 0.1) is 0 Å². The summed E-state index contributed by atoms with van der Waals surface area (Å²) in [7, 11) is 2.20. The van der Waals surface area contributed by atoms with E-state index >= 15 is 0 Å². The molecule has 4 nitrogen and oxygen atoms in total. The largest absolute Gasteiger partial charge is 0.344 e. The van der Waals surface area contributed by atoms with Crippen molar-refractivity contribution in [1.82, 2.24) is 20.2 Å². The van der Waals surface area contributed by atoms with Crippen LogP contribution in [0.4, 0.5) is 0 Å². The van der Waals surface area contributed by atoms with Crippen molar-refractivity contribution in [1.29, 1.82) is 0 Å². The Hall–Kier alpha value is -0.870. The van der Waals surface area contributed by atoms with Crippen LogP contribution in [0.1, 0.15) is 36.0 Å². The van der Waals surface area contributed by atoms with Crippen molar-refractivity contribution < 1.29 is 0 Å². The lowest BCUT2D eigenvalue weighted by molar-refractivity contribution is 0.251. The van der Waals surface area contributed by atoms with Gasteiger partial charge in [0.15, 0.2) is 0 Å². The minimum absolute atomic E-state index is 0.654. The van der Waals surface area contributed by atoms with Crippen LogP contribution in [0.15, 0.2) is 0 Å². The minimum Gasteiger partial charge on any atom is -0.344 e. The molecule has 2 N–H and O–H groups in total. The van der Waals surface area contributed by atoms with Gasteiger partial charge in [0.2, 0.25) is 0 Å². The number of rotatable bonds is 1. The molecule has 0 atom stereocenters. The van der Waals surface area contributed by atoms with Gasteiger partial charge in [0.25, 0.3) is 0 Å². The van der Waals surface area contributed by atoms with E-state index in [9.17, 15) is 0 Å². The van der Waals surface area contributed by atoms with Gasteiger partial charge in [-0.15, -0.1) is 0 Å².